The monoisotopic (exact) mass is 877 g/mol. The van der Waals surface area contributed by atoms with Crippen LogP contribution in [0.5, 0.6) is 11.5 Å². The number of aliphatic hydroxyl groups is 1. The van der Waals surface area contributed by atoms with E-state index in [4.69, 9.17) is 37.4 Å². The number of unbranched alkanes of at least 4 members (excludes halogenated alkanes) is 1. The van der Waals surface area contributed by atoms with Crippen LogP contribution in [0.2, 0.25) is 10.0 Å². The summed E-state index contributed by atoms with van der Waals surface area (Å²) < 4.78 is 17.8. The van der Waals surface area contributed by atoms with Gasteiger partial charge in [0.15, 0.2) is 0 Å². The van der Waals surface area contributed by atoms with Crippen molar-refractivity contribution in [2.75, 3.05) is 26.4 Å². The zero-order chi connectivity index (χ0) is 44.7. The molecule has 5 rings (SSSR count). The van der Waals surface area contributed by atoms with E-state index in [1.165, 1.54) is 4.90 Å². The topological polar surface area (TPSA) is 179 Å². The van der Waals surface area contributed by atoms with E-state index in [-0.39, 0.29) is 50.1 Å². The van der Waals surface area contributed by atoms with E-state index < -0.39 is 46.2 Å². The second-order valence-corrected chi connectivity index (χ2v) is 18.9. The van der Waals surface area contributed by atoms with Crippen LogP contribution in [0.4, 0.5) is 0 Å². The third-order valence-corrected chi connectivity index (χ3v) is 12.0. The number of rotatable bonds is 17. The van der Waals surface area contributed by atoms with E-state index in [1.54, 1.807) is 66.7 Å². The Morgan fingerprint density at radius 3 is 2.20 bits per heavy atom. The van der Waals surface area contributed by atoms with Gasteiger partial charge in [0.1, 0.15) is 42.4 Å². The molecule has 328 valence electrons. The number of nitrogens with one attached hydrogen (secondary N) is 3. The fourth-order valence-corrected chi connectivity index (χ4v) is 8.74. The molecule has 15 heteroatoms. The molecule has 13 nitrogen and oxygen atoms in total. The SMILES string of the molecule is CC1(C)C(NC(=O)c2ccc(OCCCCOCC(=O)N[C@H](C(=O)N3C[C@H](O)C[C@H]3C(=O)NCc3ccc(Cl)cc3)C(C)(C)C)cc2)C(C)(C)C1Oc1ccc(C#N)c(Cl)c1. The first-order chi connectivity index (χ1) is 28.7. The Morgan fingerprint density at radius 1 is 0.934 bits per heavy atom. The van der Waals surface area contributed by atoms with E-state index in [2.05, 4.69) is 49.7 Å². The van der Waals surface area contributed by atoms with Crippen LogP contribution in [0, 0.1) is 27.6 Å². The number of ether oxygens (including phenoxy) is 3. The molecule has 3 aromatic carbocycles. The maximum absolute atomic E-state index is 13.8. The van der Waals surface area contributed by atoms with E-state index >= 15 is 0 Å². The average molecular weight is 879 g/mol. The summed E-state index contributed by atoms with van der Waals surface area (Å²) in [6.07, 6.45) is 0.263. The summed E-state index contributed by atoms with van der Waals surface area (Å²) in [5.41, 5.74) is 0.226. The molecule has 4 N–H and O–H groups in total. The normalized spacial score (nSPS) is 20.7. The van der Waals surface area contributed by atoms with Gasteiger partial charge in [-0.25, -0.2) is 0 Å². The minimum atomic E-state index is -0.961. The van der Waals surface area contributed by atoms with Crippen LogP contribution in [-0.2, 0) is 25.7 Å². The molecule has 0 aromatic heterocycles. The zero-order valence-corrected chi connectivity index (χ0v) is 37.4. The van der Waals surface area contributed by atoms with Crippen molar-refractivity contribution in [3.63, 3.8) is 0 Å². The number of hydrogen-bond donors (Lipinski definition) is 4. The summed E-state index contributed by atoms with van der Waals surface area (Å²) in [5.74, 6) is -0.336. The molecule has 0 bridgehead atoms. The van der Waals surface area contributed by atoms with Crippen molar-refractivity contribution in [2.45, 2.75) is 105 Å². The number of carbonyl (C=O) groups is 4. The minimum Gasteiger partial charge on any atom is -0.494 e. The van der Waals surface area contributed by atoms with Gasteiger partial charge in [0.05, 0.1) is 23.3 Å². The number of amides is 4. The van der Waals surface area contributed by atoms with Crippen LogP contribution < -0.4 is 25.4 Å². The number of halogens is 2. The first-order valence-corrected chi connectivity index (χ1v) is 21.3. The molecule has 0 unspecified atom stereocenters. The van der Waals surface area contributed by atoms with Crippen LogP contribution in [-0.4, -0.2) is 90.3 Å². The molecule has 1 aliphatic heterocycles. The molecule has 2 aliphatic rings. The highest BCUT2D eigenvalue weighted by Crippen LogP contribution is 2.55. The molecule has 4 amide bonds. The van der Waals surface area contributed by atoms with Crippen molar-refractivity contribution >= 4 is 46.8 Å². The quantitative estimate of drug-likeness (QED) is 0.111. The number of likely N-dealkylation sites (tertiary alicyclic amines) is 1. The number of β-amino-alcohol motifs (C(OH)–C–C–N with tert-alkyl or cyclic N) is 1. The second kappa shape index (κ2) is 19.9. The van der Waals surface area contributed by atoms with Crippen molar-refractivity contribution in [3.05, 3.63) is 93.5 Å². The van der Waals surface area contributed by atoms with Crippen LogP contribution >= 0.6 is 23.2 Å². The average Bonchev–Trinajstić information content (AvgIpc) is 3.61. The van der Waals surface area contributed by atoms with Crippen LogP contribution in [0.15, 0.2) is 66.7 Å². The summed E-state index contributed by atoms with van der Waals surface area (Å²) in [6, 6.07) is 19.0. The lowest BCUT2D eigenvalue weighted by Gasteiger charge is -2.63. The van der Waals surface area contributed by atoms with E-state index in [9.17, 15) is 29.5 Å². The number of carbonyl (C=O) groups excluding carboxylic acids is 4. The predicted octanol–water partition coefficient (Wildman–Crippen LogP) is 6.46. The fraction of sp³-hybridized carbons (Fsp3) is 0.500. The van der Waals surface area contributed by atoms with Gasteiger partial charge in [-0.2, -0.15) is 5.26 Å². The van der Waals surface area contributed by atoms with Crippen molar-refractivity contribution in [2.24, 2.45) is 16.2 Å². The van der Waals surface area contributed by atoms with Gasteiger partial charge in [-0.1, -0.05) is 83.8 Å². The summed E-state index contributed by atoms with van der Waals surface area (Å²) in [5, 5.41) is 29.4. The molecule has 1 saturated carbocycles. The summed E-state index contributed by atoms with van der Waals surface area (Å²) in [4.78, 5) is 54.6. The molecule has 3 atom stereocenters. The number of hydrogen-bond acceptors (Lipinski definition) is 9. The lowest BCUT2D eigenvalue weighted by atomic mass is 9.49. The first-order valence-electron chi connectivity index (χ1n) is 20.5. The molecule has 61 heavy (non-hydrogen) atoms. The lowest BCUT2D eigenvalue weighted by molar-refractivity contribution is -0.164. The smallest absolute Gasteiger partial charge is 0.251 e. The molecule has 1 aliphatic carbocycles. The maximum atomic E-state index is 13.8. The van der Waals surface area contributed by atoms with E-state index in [0.717, 1.165) is 5.56 Å². The molecule has 0 spiro atoms. The minimum absolute atomic E-state index is 0.0210. The number of nitrogens with zero attached hydrogens (tertiary/aromatic N) is 2. The zero-order valence-electron chi connectivity index (χ0n) is 35.8. The van der Waals surface area contributed by atoms with Gasteiger partial charge in [0.25, 0.3) is 5.91 Å². The highest BCUT2D eigenvalue weighted by atomic mass is 35.5. The molecular weight excluding hydrogens is 821 g/mol. The summed E-state index contributed by atoms with van der Waals surface area (Å²) in [6.45, 7) is 14.3. The first kappa shape index (κ1) is 47.2. The third-order valence-electron chi connectivity index (χ3n) is 11.4. The van der Waals surface area contributed by atoms with Gasteiger partial charge in [0, 0.05) is 59.6 Å². The van der Waals surface area contributed by atoms with Gasteiger partial charge in [-0.3, -0.25) is 19.2 Å². The van der Waals surface area contributed by atoms with Gasteiger partial charge in [0.2, 0.25) is 17.7 Å². The predicted molar refractivity (Wildman–Crippen MR) is 232 cm³/mol. The lowest BCUT2D eigenvalue weighted by Crippen LogP contribution is -2.74. The van der Waals surface area contributed by atoms with Gasteiger partial charge in [-0.15, -0.1) is 0 Å². The van der Waals surface area contributed by atoms with Crippen molar-refractivity contribution in [1.82, 2.24) is 20.9 Å². The molecular formula is C46H57Cl2N5O8. The number of benzene rings is 3. The Bertz CT molecular complexity index is 2060. The van der Waals surface area contributed by atoms with Crippen LogP contribution in [0.3, 0.4) is 0 Å². The van der Waals surface area contributed by atoms with Gasteiger partial charge >= 0.3 is 0 Å². The van der Waals surface area contributed by atoms with Crippen molar-refractivity contribution in [1.29, 1.82) is 5.26 Å². The Balaban J connectivity index is 1.01. The molecule has 2 fully saturated rings. The van der Waals surface area contributed by atoms with E-state index in [0.29, 0.717) is 58.7 Å². The van der Waals surface area contributed by atoms with Crippen LogP contribution in [0.1, 0.15) is 89.2 Å². The number of nitriles is 1. The highest BCUT2D eigenvalue weighted by molar-refractivity contribution is 6.31. The Hall–Kier alpha value is -4.87. The van der Waals surface area contributed by atoms with Crippen LogP contribution in [0.25, 0.3) is 0 Å². The highest BCUT2D eigenvalue weighted by Gasteiger charge is 2.64. The van der Waals surface area contributed by atoms with Crippen molar-refractivity contribution < 1.29 is 38.5 Å². The summed E-state index contributed by atoms with van der Waals surface area (Å²) >= 11 is 12.2. The van der Waals surface area contributed by atoms with E-state index in [1.807, 2.05) is 20.8 Å². The largest absolute Gasteiger partial charge is 0.494 e. The van der Waals surface area contributed by atoms with Crippen molar-refractivity contribution in [3.8, 4) is 17.6 Å². The van der Waals surface area contributed by atoms with Gasteiger partial charge in [-0.05, 0) is 72.4 Å². The Kier molecular flexibility index (Phi) is 15.4. The standard InChI is InChI=1S/C46H57Cl2N5O8/c1-44(2,3)38(41(58)53-26-32(54)22-36(53)40(57)50-25-28-10-15-31(47)16-11-28)51-37(55)27-59-20-8-9-21-60-33-17-12-29(13-18-33)39(56)52-42-45(4,5)43(46(42,6)7)61-34-19-14-30(24-49)35(48)23-34/h10-19,23,32,36,38,42-43,54H,8-9,20-22,25-27H2,1-7H3,(H,50,57)(H,51,55)(H,52,56)/t32-,36+,38-,42?,43?/m1/s1. The second-order valence-electron chi connectivity index (χ2n) is 18.0. The fourth-order valence-electron chi connectivity index (χ4n) is 8.41. The van der Waals surface area contributed by atoms with Gasteiger partial charge < -0.3 is 40.2 Å². The number of aliphatic hydroxyl groups excluding tert-OH is 1. The Labute approximate surface area is 368 Å². The molecule has 0 radical (unpaired) electrons. The molecule has 1 heterocycles. The maximum Gasteiger partial charge on any atom is 0.251 e. The molecule has 3 aromatic rings. The molecule has 1 saturated heterocycles. The summed E-state index contributed by atoms with van der Waals surface area (Å²) in [7, 11) is 0. The Morgan fingerprint density at radius 2 is 1.57 bits per heavy atom. The third kappa shape index (κ3) is 11.7.